The Labute approximate surface area is 129 Å². The van der Waals surface area contributed by atoms with Crippen LogP contribution < -0.4 is 5.73 Å². The summed E-state index contributed by atoms with van der Waals surface area (Å²) in [4.78, 5) is 2.38. The molecule has 0 radical (unpaired) electrons. The van der Waals surface area contributed by atoms with Gasteiger partial charge >= 0.3 is 0 Å². The van der Waals surface area contributed by atoms with Gasteiger partial charge in [0, 0.05) is 36.4 Å². The van der Waals surface area contributed by atoms with Crippen molar-refractivity contribution in [2.24, 2.45) is 5.73 Å². The third-order valence-electron chi connectivity index (χ3n) is 3.28. The van der Waals surface area contributed by atoms with Crippen LogP contribution in [0.3, 0.4) is 0 Å². The number of nitrogens with two attached hydrogens (primary N) is 1. The van der Waals surface area contributed by atoms with Gasteiger partial charge in [-0.25, -0.2) is 8.42 Å². The molecule has 1 heterocycles. The van der Waals surface area contributed by atoms with Crippen molar-refractivity contribution in [3.63, 3.8) is 0 Å². The molecule has 1 fully saturated rings. The molecular formula is C13H18N2O2S3. The molecule has 0 amide bonds. The maximum atomic E-state index is 11.9. The Morgan fingerprint density at radius 2 is 2.30 bits per heavy atom. The quantitative estimate of drug-likeness (QED) is 0.838. The highest BCUT2D eigenvalue weighted by atomic mass is 32.2. The maximum Gasteiger partial charge on any atom is 0.164 e. The molecule has 1 aromatic rings. The fourth-order valence-corrected chi connectivity index (χ4v) is 5.32. The lowest BCUT2D eigenvalue weighted by Gasteiger charge is -2.34. The van der Waals surface area contributed by atoms with Crippen LogP contribution >= 0.6 is 24.0 Å². The zero-order chi connectivity index (χ0) is 14.8. The molecule has 4 nitrogen and oxygen atoms in total. The number of thioether (sulfide) groups is 1. The lowest BCUT2D eigenvalue weighted by atomic mass is 10.1. The fourth-order valence-electron chi connectivity index (χ4n) is 2.25. The van der Waals surface area contributed by atoms with Crippen molar-refractivity contribution in [3.05, 3.63) is 35.4 Å². The van der Waals surface area contributed by atoms with Crippen LogP contribution in [0, 0.1) is 0 Å². The van der Waals surface area contributed by atoms with Crippen LogP contribution in [0.1, 0.15) is 11.1 Å². The second kappa shape index (κ2) is 6.43. The molecule has 0 aliphatic carbocycles. The van der Waals surface area contributed by atoms with Crippen LogP contribution in [0.5, 0.6) is 0 Å². The smallest absolute Gasteiger partial charge is 0.164 e. The molecule has 1 saturated heterocycles. The number of thiocarbonyl (C=S) groups is 1. The molecular weight excluding hydrogens is 312 g/mol. The summed E-state index contributed by atoms with van der Waals surface area (Å²) in [6.07, 6.45) is 1.31. The van der Waals surface area contributed by atoms with E-state index in [-0.39, 0.29) is 0 Å². The van der Waals surface area contributed by atoms with Crippen molar-refractivity contribution in [2.75, 3.05) is 24.3 Å². The first kappa shape index (κ1) is 15.8. The number of hydrogen-bond donors (Lipinski definition) is 1. The van der Waals surface area contributed by atoms with Crippen molar-refractivity contribution in [1.82, 2.24) is 4.90 Å². The van der Waals surface area contributed by atoms with Crippen molar-refractivity contribution in [2.45, 2.75) is 11.9 Å². The van der Waals surface area contributed by atoms with E-state index in [2.05, 4.69) is 0 Å². The SMILES string of the molecule is CS(=O)(=O)C1CSCCN1Cc1cccc(C(N)=S)c1. The van der Waals surface area contributed by atoms with Gasteiger partial charge in [-0.05, 0) is 11.6 Å². The lowest BCUT2D eigenvalue weighted by molar-refractivity contribution is 0.262. The predicted molar refractivity (Wildman–Crippen MR) is 88.7 cm³/mol. The van der Waals surface area contributed by atoms with Crippen LogP contribution in [0.2, 0.25) is 0 Å². The van der Waals surface area contributed by atoms with Gasteiger partial charge in [0.05, 0.1) is 0 Å². The first-order chi connectivity index (χ1) is 9.38. The first-order valence-electron chi connectivity index (χ1n) is 6.27. The third kappa shape index (κ3) is 3.94. The Balaban J connectivity index is 2.19. The van der Waals surface area contributed by atoms with Gasteiger partial charge in [0.25, 0.3) is 0 Å². The molecule has 0 spiro atoms. The summed E-state index contributed by atoms with van der Waals surface area (Å²) in [5.41, 5.74) is 7.49. The molecule has 7 heteroatoms. The number of sulfone groups is 1. The predicted octanol–water partition coefficient (Wildman–Crippen LogP) is 1.24. The van der Waals surface area contributed by atoms with Gasteiger partial charge in [-0.3, -0.25) is 4.90 Å². The van der Waals surface area contributed by atoms with Gasteiger partial charge in [0.1, 0.15) is 10.4 Å². The first-order valence-corrected chi connectivity index (χ1v) is 9.79. The minimum atomic E-state index is -3.07. The molecule has 1 unspecified atom stereocenters. The Kier molecular flexibility index (Phi) is 5.06. The van der Waals surface area contributed by atoms with Crippen molar-refractivity contribution in [1.29, 1.82) is 0 Å². The standard InChI is InChI=1S/C13H18N2O2S3/c1-20(16,17)12-9-19-6-5-15(12)8-10-3-2-4-11(7-10)13(14)18/h2-4,7,12H,5-6,8-9H2,1H3,(H2,14,18). The zero-order valence-electron chi connectivity index (χ0n) is 11.3. The van der Waals surface area contributed by atoms with Gasteiger partial charge in [-0.15, -0.1) is 0 Å². The highest BCUT2D eigenvalue weighted by Gasteiger charge is 2.30. The molecule has 1 aliphatic heterocycles. The van der Waals surface area contributed by atoms with E-state index in [0.717, 1.165) is 23.4 Å². The molecule has 2 N–H and O–H groups in total. The molecule has 0 aromatic heterocycles. The van der Waals surface area contributed by atoms with Crippen LogP contribution in [-0.2, 0) is 16.4 Å². The molecule has 0 saturated carbocycles. The van der Waals surface area contributed by atoms with Gasteiger partial charge in [-0.1, -0.05) is 30.4 Å². The Hall–Kier alpha value is -0.630. The van der Waals surface area contributed by atoms with E-state index in [1.807, 2.05) is 29.2 Å². The van der Waals surface area contributed by atoms with Crippen LogP contribution in [0.25, 0.3) is 0 Å². The van der Waals surface area contributed by atoms with Gasteiger partial charge in [0.2, 0.25) is 0 Å². The zero-order valence-corrected chi connectivity index (χ0v) is 13.7. The maximum absolute atomic E-state index is 11.9. The molecule has 2 rings (SSSR count). The summed E-state index contributed by atoms with van der Waals surface area (Å²) < 4.78 is 23.7. The summed E-state index contributed by atoms with van der Waals surface area (Å²) in [5, 5.41) is -0.408. The molecule has 1 atom stereocenters. The molecule has 110 valence electrons. The minimum absolute atomic E-state index is 0.362. The number of nitrogens with zero attached hydrogens (tertiary/aromatic N) is 1. The third-order valence-corrected chi connectivity index (χ3v) is 6.20. The molecule has 20 heavy (non-hydrogen) atoms. The molecule has 0 bridgehead atoms. The molecule has 1 aromatic carbocycles. The topological polar surface area (TPSA) is 63.4 Å². The highest BCUT2D eigenvalue weighted by Crippen LogP contribution is 2.22. The van der Waals surface area contributed by atoms with Crippen molar-refractivity contribution < 1.29 is 8.42 Å². The normalized spacial score (nSPS) is 20.8. The summed E-state index contributed by atoms with van der Waals surface area (Å²) in [7, 11) is -3.07. The highest BCUT2D eigenvalue weighted by molar-refractivity contribution is 8.00. The summed E-state index contributed by atoms with van der Waals surface area (Å²) in [5.74, 6) is 1.59. The Morgan fingerprint density at radius 3 is 2.95 bits per heavy atom. The van der Waals surface area contributed by atoms with E-state index in [1.54, 1.807) is 11.8 Å². The van der Waals surface area contributed by atoms with E-state index < -0.39 is 15.2 Å². The van der Waals surface area contributed by atoms with Gasteiger partial charge < -0.3 is 5.73 Å². The second-order valence-electron chi connectivity index (χ2n) is 4.89. The minimum Gasteiger partial charge on any atom is -0.389 e. The number of hydrogen-bond acceptors (Lipinski definition) is 5. The van der Waals surface area contributed by atoms with Crippen molar-refractivity contribution >= 4 is 38.8 Å². The summed E-state index contributed by atoms with van der Waals surface area (Å²) in [6, 6.07) is 7.68. The van der Waals surface area contributed by atoms with Crippen LogP contribution in [0.4, 0.5) is 0 Å². The van der Waals surface area contributed by atoms with Gasteiger partial charge in [-0.2, -0.15) is 11.8 Å². The van der Waals surface area contributed by atoms with E-state index in [4.69, 9.17) is 18.0 Å². The van der Waals surface area contributed by atoms with Gasteiger partial charge in [0.15, 0.2) is 9.84 Å². The summed E-state index contributed by atoms with van der Waals surface area (Å²) in [6.45, 7) is 1.38. The Bertz CT molecular complexity index is 601. The average Bonchev–Trinajstić information content (AvgIpc) is 2.38. The largest absolute Gasteiger partial charge is 0.389 e. The van der Waals surface area contributed by atoms with Crippen molar-refractivity contribution in [3.8, 4) is 0 Å². The summed E-state index contributed by atoms with van der Waals surface area (Å²) >= 11 is 6.66. The second-order valence-corrected chi connectivity index (χ2v) is 8.69. The van der Waals surface area contributed by atoms with E-state index in [1.165, 1.54) is 6.26 Å². The number of rotatable bonds is 4. The monoisotopic (exact) mass is 330 g/mol. The van der Waals surface area contributed by atoms with Crippen LogP contribution in [0.15, 0.2) is 24.3 Å². The fraction of sp³-hybridized carbons (Fsp3) is 0.462. The van der Waals surface area contributed by atoms with E-state index in [9.17, 15) is 8.42 Å². The van der Waals surface area contributed by atoms with E-state index in [0.29, 0.717) is 17.3 Å². The van der Waals surface area contributed by atoms with E-state index >= 15 is 0 Å². The molecule has 1 aliphatic rings. The average molecular weight is 331 g/mol. The Morgan fingerprint density at radius 1 is 1.55 bits per heavy atom. The lowest BCUT2D eigenvalue weighted by Crippen LogP contribution is -2.46. The number of benzene rings is 1. The van der Waals surface area contributed by atoms with Crippen LogP contribution in [-0.4, -0.2) is 48.0 Å².